The van der Waals surface area contributed by atoms with E-state index in [1.807, 2.05) is 60.7 Å². The number of rotatable bonds is 9. The maximum absolute atomic E-state index is 12.5. The summed E-state index contributed by atoms with van der Waals surface area (Å²) < 4.78 is 32.5. The molecule has 3 aromatic rings. The van der Waals surface area contributed by atoms with Crippen molar-refractivity contribution in [3.8, 4) is 17.6 Å². The van der Waals surface area contributed by atoms with E-state index in [0.29, 0.717) is 17.1 Å². The van der Waals surface area contributed by atoms with Gasteiger partial charge in [0.05, 0.1) is 11.0 Å². The van der Waals surface area contributed by atoms with Crippen LogP contribution in [0.5, 0.6) is 11.5 Å². The Morgan fingerprint density at radius 2 is 1.61 bits per heavy atom. The number of nitrogens with one attached hydrogen (secondary N) is 2. The second-order valence-corrected chi connectivity index (χ2v) is 8.30. The lowest BCUT2D eigenvalue weighted by Crippen LogP contribution is -2.25. The molecule has 0 heterocycles. The standard InChI is InChI=1S/C23H21N3O4S/c24-15-6-16-26-31(28,29)21-13-11-18(12-14-21)23(27)25-17-19-7-4-5-10-22(19)30-20-8-2-1-3-9-20/h1-5,7-14,26H,6,16-17H2,(H,25,27). The maximum Gasteiger partial charge on any atom is 0.251 e. The quantitative estimate of drug-likeness (QED) is 0.499. The molecule has 7 nitrogen and oxygen atoms in total. The first kappa shape index (κ1) is 22.0. The Balaban J connectivity index is 1.63. The van der Waals surface area contributed by atoms with Crippen molar-refractivity contribution in [3.63, 3.8) is 0 Å². The van der Waals surface area contributed by atoms with Crippen LogP contribution in [0.4, 0.5) is 0 Å². The van der Waals surface area contributed by atoms with Gasteiger partial charge >= 0.3 is 0 Å². The number of amides is 1. The van der Waals surface area contributed by atoms with Gasteiger partial charge in [0.25, 0.3) is 5.91 Å². The SMILES string of the molecule is N#CCCNS(=O)(=O)c1ccc(C(=O)NCc2ccccc2Oc2ccccc2)cc1. The van der Waals surface area contributed by atoms with Crippen LogP contribution in [-0.4, -0.2) is 20.9 Å². The molecule has 0 radical (unpaired) electrons. The van der Waals surface area contributed by atoms with Crippen molar-refractivity contribution >= 4 is 15.9 Å². The van der Waals surface area contributed by atoms with Gasteiger partial charge in [0.1, 0.15) is 11.5 Å². The van der Waals surface area contributed by atoms with Gasteiger partial charge in [0, 0.05) is 30.6 Å². The van der Waals surface area contributed by atoms with Crippen LogP contribution in [0, 0.1) is 11.3 Å². The predicted molar refractivity (Wildman–Crippen MR) is 116 cm³/mol. The van der Waals surface area contributed by atoms with Crippen LogP contribution < -0.4 is 14.8 Å². The zero-order chi connectivity index (χ0) is 22.1. The van der Waals surface area contributed by atoms with E-state index in [-0.39, 0.29) is 30.3 Å². The monoisotopic (exact) mass is 435 g/mol. The van der Waals surface area contributed by atoms with Gasteiger partial charge in [-0.3, -0.25) is 4.79 Å². The molecule has 0 bridgehead atoms. The fourth-order valence-corrected chi connectivity index (χ4v) is 3.78. The van der Waals surface area contributed by atoms with E-state index in [1.54, 1.807) is 0 Å². The van der Waals surface area contributed by atoms with Crippen molar-refractivity contribution in [2.45, 2.75) is 17.9 Å². The van der Waals surface area contributed by atoms with Gasteiger partial charge in [0.2, 0.25) is 10.0 Å². The average molecular weight is 436 g/mol. The summed E-state index contributed by atoms with van der Waals surface area (Å²) in [6.45, 7) is 0.281. The largest absolute Gasteiger partial charge is 0.457 e. The Kier molecular flexibility index (Phi) is 7.38. The molecule has 0 saturated carbocycles. The smallest absolute Gasteiger partial charge is 0.251 e. The molecule has 1 amide bonds. The van der Waals surface area contributed by atoms with E-state index in [0.717, 1.165) is 5.56 Å². The number of nitrogens with zero attached hydrogens (tertiary/aromatic N) is 1. The molecule has 0 unspecified atom stereocenters. The van der Waals surface area contributed by atoms with Gasteiger partial charge in [-0.15, -0.1) is 0 Å². The Morgan fingerprint density at radius 3 is 2.32 bits per heavy atom. The van der Waals surface area contributed by atoms with E-state index < -0.39 is 10.0 Å². The van der Waals surface area contributed by atoms with E-state index in [9.17, 15) is 13.2 Å². The summed E-state index contributed by atoms with van der Waals surface area (Å²) in [6.07, 6.45) is 0.0786. The Hall–Kier alpha value is -3.67. The molecule has 8 heteroatoms. The number of ether oxygens (including phenoxy) is 1. The van der Waals surface area contributed by atoms with Crippen molar-refractivity contribution in [1.29, 1.82) is 5.26 Å². The van der Waals surface area contributed by atoms with Crippen molar-refractivity contribution < 1.29 is 17.9 Å². The number of benzene rings is 3. The number of para-hydroxylation sites is 2. The van der Waals surface area contributed by atoms with Crippen LogP contribution in [0.15, 0.2) is 83.8 Å². The molecular formula is C23H21N3O4S. The highest BCUT2D eigenvalue weighted by Gasteiger charge is 2.15. The molecule has 0 aliphatic heterocycles. The summed E-state index contributed by atoms with van der Waals surface area (Å²) in [5.41, 5.74) is 1.14. The Morgan fingerprint density at radius 1 is 0.935 bits per heavy atom. The summed E-state index contributed by atoms with van der Waals surface area (Å²) in [5.74, 6) is 0.997. The molecule has 2 N–H and O–H groups in total. The molecule has 0 fully saturated rings. The molecule has 3 rings (SSSR count). The van der Waals surface area contributed by atoms with Crippen LogP contribution >= 0.6 is 0 Å². The van der Waals surface area contributed by atoms with Crippen LogP contribution in [0.1, 0.15) is 22.3 Å². The second kappa shape index (κ2) is 10.4. The summed E-state index contributed by atoms with van der Waals surface area (Å²) in [6, 6.07) is 24.2. The first-order valence-electron chi connectivity index (χ1n) is 9.55. The van der Waals surface area contributed by atoms with Crippen LogP contribution in [-0.2, 0) is 16.6 Å². The van der Waals surface area contributed by atoms with E-state index in [4.69, 9.17) is 10.00 Å². The summed E-state index contributed by atoms with van der Waals surface area (Å²) >= 11 is 0. The third-order valence-electron chi connectivity index (χ3n) is 4.34. The molecule has 0 saturated heterocycles. The molecule has 0 aliphatic carbocycles. The fourth-order valence-electron chi connectivity index (χ4n) is 2.75. The third-order valence-corrected chi connectivity index (χ3v) is 5.82. The molecule has 0 aliphatic rings. The second-order valence-electron chi connectivity index (χ2n) is 6.54. The molecule has 3 aromatic carbocycles. The number of carbonyl (C=O) groups excluding carboxylic acids is 1. The minimum atomic E-state index is -3.71. The lowest BCUT2D eigenvalue weighted by atomic mass is 10.1. The topological polar surface area (TPSA) is 108 Å². The first-order valence-corrected chi connectivity index (χ1v) is 11.0. The summed E-state index contributed by atoms with van der Waals surface area (Å²) in [7, 11) is -3.71. The Bertz CT molecular complexity index is 1170. The first-order chi connectivity index (χ1) is 15.0. The number of hydrogen-bond donors (Lipinski definition) is 2. The van der Waals surface area contributed by atoms with Gasteiger partial charge in [0.15, 0.2) is 0 Å². The summed E-state index contributed by atoms with van der Waals surface area (Å²) in [5, 5.41) is 11.3. The molecule has 0 spiro atoms. The highest BCUT2D eigenvalue weighted by Crippen LogP contribution is 2.25. The number of sulfonamides is 1. The van der Waals surface area contributed by atoms with E-state index in [1.165, 1.54) is 24.3 Å². The molecule has 31 heavy (non-hydrogen) atoms. The van der Waals surface area contributed by atoms with Crippen LogP contribution in [0.3, 0.4) is 0 Å². The zero-order valence-electron chi connectivity index (χ0n) is 16.6. The van der Waals surface area contributed by atoms with Crippen molar-refractivity contribution in [3.05, 3.63) is 90.0 Å². The maximum atomic E-state index is 12.5. The molecule has 158 valence electrons. The van der Waals surface area contributed by atoms with Gasteiger partial charge in [-0.1, -0.05) is 36.4 Å². The minimum Gasteiger partial charge on any atom is -0.457 e. The van der Waals surface area contributed by atoms with Crippen molar-refractivity contribution in [1.82, 2.24) is 10.0 Å². The number of carbonyl (C=O) groups is 1. The van der Waals surface area contributed by atoms with E-state index >= 15 is 0 Å². The van der Waals surface area contributed by atoms with Gasteiger partial charge in [-0.05, 0) is 42.5 Å². The van der Waals surface area contributed by atoms with Crippen molar-refractivity contribution in [2.75, 3.05) is 6.54 Å². The van der Waals surface area contributed by atoms with Crippen LogP contribution in [0.25, 0.3) is 0 Å². The number of hydrogen-bond acceptors (Lipinski definition) is 5. The molecular weight excluding hydrogens is 414 g/mol. The van der Waals surface area contributed by atoms with Gasteiger partial charge in [-0.25, -0.2) is 13.1 Å². The zero-order valence-corrected chi connectivity index (χ0v) is 17.4. The van der Waals surface area contributed by atoms with Gasteiger partial charge in [-0.2, -0.15) is 5.26 Å². The average Bonchev–Trinajstić information content (AvgIpc) is 2.79. The Labute approximate surface area is 181 Å². The van der Waals surface area contributed by atoms with Crippen LogP contribution in [0.2, 0.25) is 0 Å². The fraction of sp³-hybridized carbons (Fsp3) is 0.130. The minimum absolute atomic E-state index is 0.0311. The lowest BCUT2D eigenvalue weighted by molar-refractivity contribution is 0.0950. The molecule has 0 atom stereocenters. The normalized spacial score (nSPS) is 10.8. The third kappa shape index (κ3) is 6.15. The summed E-state index contributed by atoms with van der Waals surface area (Å²) in [4.78, 5) is 12.5. The van der Waals surface area contributed by atoms with Crippen molar-refractivity contribution in [2.24, 2.45) is 0 Å². The highest BCUT2D eigenvalue weighted by atomic mass is 32.2. The van der Waals surface area contributed by atoms with E-state index in [2.05, 4.69) is 10.0 Å². The predicted octanol–water partition coefficient (Wildman–Crippen LogP) is 3.60. The highest BCUT2D eigenvalue weighted by molar-refractivity contribution is 7.89. The number of nitriles is 1. The molecule has 0 aromatic heterocycles. The van der Waals surface area contributed by atoms with Gasteiger partial charge < -0.3 is 10.1 Å². The lowest BCUT2D eigenvalue weighted by Gasteiger charge is -2.12.